The van der Waals surface area contributed by atoms with Crippen molar-refractivity contribution in [2.75, 3.05) is 0 Å². The van der Waals surface area contributed by atoms with Gasteiger partial charge in [-0.1, -0.05) is 48.5 Å². The van der Waals surface area contributed by atoms with Gasteiger partial charge in [-0.05, 0) is 17.7 Å². The Kier molecular flexibility index (Phi) is 4.30. The van der Waals surface area contributed by atoms with Crippen LogP contribution in [0.3, 0.4) is 0 Å². The molecule has 21 heavy (non-hydrogen) atoms. The van der Waals surface area contributed by atoms with Crippen LogP contribution in [0.4, 0.5) is 0 Å². The molecule has 1 N–H and O–H groups in total. The lowest BCUT2D eigenvalue weighted by molar-refractivity contribution is -0.452. The summed E-state index contributed by atoms with van der Waals surface area (Å²) in [4.78, 5) is 21.7. The van der Waals surface area contributed by atoms with Crippen molar-refractivity contribution in [3.63, 3.8) is 0 Å². The number of carbonyl (C=O) groups is 1. The van der Waals surface area contributed by atoms with Crippen LogP contribution in [-0.2, 0) is 4.79 Å². The van der Waals surface area contributed by atoms with E-state index in [-0.39, 0.29) is 11.3 Å². The first kappa shape index (κ1) is 14.3. The lowest BCUT2D eigenvalue weighted by atomic mass is 10.1. The summed E-state index contributed by atoms with van der Waals surface area (Å²) in [5.41, 5.74) is -0.294. The predicted octanol–water partition coefficient (Wildman–Crippen LogP) is 2.80. The lowest BCUT2D eigenvalue weighted by Crippen LogP contribution is -2.14. The number of hydrogen-bond acceptors (Lipinski definition) is 4. The Labute approximate surface area is 120 Å². The van der Waals surface area contributed by atoms with Gasteiger partial charge >= 0.3 is 11.9 Å². The van der Waals surface area contributed by atoms with Crippen LogP contribution in [0.15, 0.2) is 66.5 Å². The second-order valence-corrected chi connectivity index (χ2v) is 4.02. The van der Waals surface area contributed by atoms with Gasteiger partial charge in [-0.2, -0.15) is 0 Å². The topological polar surface area (TPSA) is 89.7 Å². The fraction of sp³-hybridized carbons (Fsp3) is 0. The minimum absolute atomic E-state index is 0.193. The number of ether oxygens (including phenoxy) is 1. The number of carboxylic acid groups (broad SMARTS) is 1. The van der Waals surface area contributed by atoms with E-state index in [0.29, 0.717) is 0 Å². The van der Waals surface area contributed by atoms with Crippen molar-refractivity contribution in [1.29, 1.82) is 0 Å². The highest BCUT2D eigenvalue weighted by atomic mass is 16.7. The maximum atomic E-state index is 11.4. The fourth-order valence-corrected chi connectivity index (χ4v) is 1.72. The fourth-order valence-electron chi connectivity index (χ4n) is 1.72. The molecule has 2 aromatic carbocycles. The molecule has 0 aromatic heterocycles. The first-order valence-corrected chi connectivity index (χ1v) is 6.00. The number of benzene rings is 2. The molecule has 0 bridgehead atoms. The molecule has 0 heterocycles. The summed E-state index contributed by atoms with van der Waals surface area (Å²) in [6.45, 7) is 0. The van der Waals surface area contributed by atoms with Crippen molar-refractivity contribution in [3.05, 3.63) is 82.2 Å². The van der Waals surface area contributed by atoms with E-state index in [4.69, 9.17) is 4.74 Å². The smallest absolute Gasteiger partial charge is 0.448 e. The monoisotopic (exact) mass is 285 g/mol. The van der Waals surface area contributed by atoms with E-state index in [1.165, 1.54) is 24.3 Å². The van der Waals surface area contributed by atoms with E-state index in [9.17, 15) is 20.0 Å². The molecule has 0 unspecified atom stereocenters. The quantitative estimate of drug-likeness (QED) is 0.395. The van der Waals surface area contributed by atoms with E-state index in [1.54, 1.807) is 36.4 Å². The minimum atomic E-state index is -1.43. The third kappa shape index (κ3) is 3.44. The first-order chi connectivity index (χ1) is 10.1. The predicted molar refractivity (Wildman–Crippen MR) is 75.1 cm³/mol. The molecule has 0 atom stereocenters. The van der Waals surface area contributed by atoms with Gasteiger partial charge in [-0.3, -0.25) is 10.1 Å². The number of rotatable bonds is 5. The van der Waals surface area contributed by atoms with Gasteiger partial charge in [0.25, 0.3) is 0 Å². The molecule has 0 aliphatic rings. The molecular weight excluding hydrogens is 274 g/mol. The van der Waals surface area contributed by atoms with Crippen molar-refractivity contribution in [1.82, 2.24) is 0 Å². The van der Waals surface area contributed by atoms with Gasteiger partial charge in [0.05, 0.1) is 0 Å². The normalized spacial score (nSPS) is 11.4. The zero-order chi connectivity index (χ0) is 15.2. The molecule has 6 heteroatoms. The molecular formula is C15H11NO5. The van der Waals surface area contributed by atoms with Crippen LogP contribution >= 0.6 is 0 Å². The van der Waals surface area contributed by atoms with Crippen molar-refractivity contribution < 1.29 is 19.6 Å². The molecule has 0 aliphatic carbocycles. The number of aliphatic carboxylic acids is 1. The maximum Gasteiger partial charge on any atom is 0.448 e. The minimum Gasteiger partial charge on any atom is -0.477 e. The average molecular weight is 285 g/mol. The Morgan fingerprint density at radius 2 is 1.52 bits per heavy atom. The van der Waals surface area contributed by atoms with Gasteiger partial charge < -0.3 is 9.84 Å². The molecule has 0 saturated heterocycles. The first-order valence-electron chi connectivity index (χ1n) is 6.00. The number of carboxylic acids is 1. The van der Waals surface area contributed by atoms with Crippen LogP contribution in [0.2, 0.25) is 0 Å². The zero-order valence-electron chi connectivity index (χ0n) is 10.8. The highest BCUT2D eigenvalue weighted by molar-refractivity contribution is 6.15. The van der Waals surface area contributed by atoms with Crippen LogP contribution in [0.25, 0.3) is 5.57 Å². The van der Waals surface area contributed by atoms with E-state index in [0.717, 1.165) is 0 Å². The lowest BCUT2D eigenvalue weighted by Gasteiger charge is -2.06. The molecule has 0 saturated carbocycles. The summed E-state index contributed by atoms with van der Waals surface area (Å²) in [5.74, 6) is -2.05. The molecule has 2 rings (SSSR count). The molecule has 6 nitrogen and oxygen atoms in total. The number of nitrogens with zero attached hydrogens (tertiary/aromatic N) is 1. The molecule has 106 valence electrons. The summed E-state index contributed by atoms with van der Waals surface area (Å²) in [6.07, 6.45) is 0. The summed E-state index contributed by atoms with van der Waals surface area (Å²) in [7, 11) is 0. The second-order valence-electron chi connectivity index (χ2n) is 4.02. The SMILES string of the molecule is O=C(O)C(=C(Oc1ccccc1)[N+](=O)[O-])c1ccccc1. The van der Waals surface area contributed by atoms with Gasteiger partial charge in [0, 0.05) is 0 Å². The number of hydrogen-bond donors (Lipinski definition) is 1. The molecule has 0 spiro atoms. The summed E-state index contributed by atoms with van der Waals surface area (Å²) >= 11 is 0. The van der Waals surface area contributed by atoms with Gasteiger partial charge in [0.1, 0.15) is 10.7 Å². The van der Waals surface area contributed by atoms with Gasteiger partial charge in [-0.25, -0.2) is 4.79 Å². The van der Waals surface area contributed by atoms with E-state index in [2.05, 4.69) is 0 Å². The highest BCUT2D eigenvalue weighted by Gasteiger charge is 2.28. The molecule has 0 radical (unpaired) electrons. The van der Waals surface area contributed by atoms with Crippen molar-refractivity contribution >= 4 is 11.5 Å². The second kappa shape index (κ2) is 6.33. The van der Waals surface area contributed by atoms with Gasteiger partial charge in [-0.15, -0.1) is 0 Å². The van der Waals surface area contributed by atoms with Gasteiger partial charge in [0.15, 0.2) is 5.57 Å². The van der Waals surface area contributed by atoms with Crippen LogP contribution < -0.4 is 4.74 Å². The maximum absolute atomic E-state index is 11.4. The van der Waals surface area contributed by atoms with Crippen LogP contribution in [-0.4, -0.2) is 16.0 Å². The number of nitro groups is 1. The van der Waals surface area contributed by atoms with Gasteiger partial charge in [0.2, 0.25) is 0 Å². The summed E-state index contributed by atoms with van der Waals surface area (Å²) in [5, 5.41) is 20.5. The zero-order valence-corrected chi connectivity index (χ0v) is 10.8. The van der Waals surface area contributed by atoms with E-state index >= 15 is 0 Å². The van der Waals surface area contributed by atoms with Crippen LogP contribution in [0, 0.1) is 10.1 Å². The molecule has 0 amide bonds. The summed E-state index contributed by atoms with van der Waals surface area (Å²) < 4.78 is 5.15. The van der Waals surface area contributed by atoms with Crippen molar-refractivity contribution in [3.8, 4) is 5.75 Å². The highest BCUT2D eigenvalue weighted by Crippen LogP contribution is 2.23. The Balaban J connectivity index is 2.54. The van der Waals surface area contributed by atoms with Crippen molar-refractivity contribution in [2.24, 2.45) is 0 Å². The van der Waals surface area contributed by atoms with Crippen molar-refractivity contribution in [2.45, 2.75) is 0 Å². The Bertz CT molecular complexity index is 680. The standard InChI is InChI=1S/C15H11NO5/c17-15(18)13(11-7-3-1-4-8-11)14(16(19)20)21-12-9-5-2-6-10-12/h1-10H,(H,17,18). The Hall–Kier alpha value is -3.15. The number of para-hydroxylation sites is 1. The average Bonchev–Trinajstić information content (AvgIpc) is 2.48. The third-order valence-corrected chi connectivity index (χ3v) is 2.61. The van der Waals surface area contributed by atoms with Crippen LogP contribution in [0.1, 0.15) is 5.56 Å². The van der Waals surface area contributed by atoms with Crippen LogP contribution in [0.5, 0.6) is 5.75 Å². The molecule has 2 aromatic rings. The molecule has 0 fully saturated rings. The van der Waals surface area contributed by atoms with E-state index in [1.807, 2.05) is 0 Å². The van der Waals surface area contributed by atoms with E-state index < -0.39 is 22.3 Å². The Morgan fingerprint density at radius 3 is 2.00 bits per heavy atom. The third-order valence-electron chi connectivity index (χ3n) is 2.61. The Morgan fingerprint density at radius 1 is 1.00 bits per heavy atom. The largest absolute Gasteiger partial charge is 0.477 e. The summed E-state index contributed by atoms with van der Waals surface area (Å²) in [6, 6.07) is 15.8. The molecule has 0 aliphatic heterocycles.